The van der Waals surface area contributed by atoms with Gasteiger partial charge in [0.1, 0.15) is 5.82 Å². The first kappa shape index (κ1) is 26.8. The van der Waals surface area contributed by atoms with E-state index in [1.807, 2.05) is 24.5 Å². The summed E-state index contributed by atoms with van der Waals surface area (Å²) >= 11 is 13.0. The van der Waals surface area contributed by atoms with Crippen LogP contribution in [0.2, 0.25) is 5.02 Å². The van der Waals surface area contributed by atoms with Crippen molar-refractivity contribution >= 4 is 40.3 Å². The van der Waals surface area contributed by atoms with E-state index in [4.69, 9.17) is 33.8 Å². The molecule has 2 aliphatic rings. The van der Waals surface area contributed by atoms with Crippen LogP contribution in [0.3, 0.4) is 0 Å². The molecule has 0 saturated carbocycles. The maximum Gasteiger partial charge on any atom is 0.174 e. The number of pyridine rings is 2. The Morgan fingerprint density at radius 1 is 0.975 bits per heavy atom. The Hall–Kier alpha value is -3.42. The first-order valence-electron chi connectivity index (χ1n) is 14.0. The van der Waals surface area contributed by atoms with Crippen molar-refractivity contribution in [3.63, 3.8) is 0 Å². The minimum absolute atomic E-state index is 0.120. The van der Waals surface area contributed by atoms with Crippen LogP contribution in [0.4, 0.5) is 11.4 Å². The number of rotatable bonds is 5. The van der Waals surface area contributed by atoms with Crippen LogP contribution in [0.5, 0.6) is 0 Å². The molecule has 1 N–H and O–H groups in total. The predicted octanol–water partition coefficient (Wildman–Crippen LogP) is 7.26. The Labute approximate surface area is 247 Å². The molecule has 0 unspecified atom stereocenters. The number of anilines is 2. The monoisotopic (exact) mass is 570 g/mol. The highest BCUT2D eigenvalue weighted by molar-refractivity contribution is 7.80. The lowest BCUT2D eigenvalue weighted by Crippen LogP contribution is -2.33. The van der Waals surface area contributed by atoms with Crippen molar-refractivity contribution in [2.75, 3.05) is 22.9 Å². The first-order chi connectivity index (χ1) is 19.3. The second-order valence-corrected chi connectivity index (χ2v) is 12.0. The predicted molar refractivity (Wildman–Crippen MR) is 168 cm³/mol. The van der Waals surface area contributed by atoms with Gasteiger partial charge in [-0.15, -0.1) is 0 Å². The number of hydrogen-bond acceptors (Lipinski definition) is 4. The molecule has 0 spiro atoms. The van der Waals surface area contributed by atoms with E-state index < -0.39 is 0 Å². The standard InChI is InChI=1S/C32H35ClN6S/c1-20-12-15-37(16-13-20)28-10-9-24(18-26(28)33)39-31(30(36-32(39)40)27-7-5-6-14-34-27)25-17-22(3)38(23(25)4)29-11-8-21(2)19-35-29/h5-11,14,17-20,30-31H,12-13,15-16H2,1-4H3,(H,36,40)/t30-,31-/m1/s1. The van der Waals surface area contributed by atoms with E-state index in [0.717, 1.165) is 63.9 Å². The Morgan fingerprint density at radius 3 is 2.45 bits per heavy atom. The summed E-state index contributed by atoms with van der Waals surface area (Å²) in [5.74, 6) is 1.67. The van der Waals surface area contributed by atoms with Crippen molar-refractivity contribution in [3.05, 3.63) is 100 Å². The number of aryl methyl sites for hydroxylation is 2. The Balaban J connectivity index is 1.43. The summed E-state index contributed by atoms with van der Waals surface area (Å²) in [7, 11) is 0. The zero-order valence-corrected chi connectivity index (χ0v) is 25.0. The van der Waals surface area contributed by atoms with Gasteiger partial charge < -0.3 is 19.7 Å². The number of halogens is 1. The summed E-state index contributed by atoms with van der Waals surface area (Å²) in [5.41, 5.74) is 7.57. The quantitative estimate of drug-likeness (QED) is 0.255. The highest BCUT2D eigenvalue weighted by Gasteiger charge is 2.42. The smallest absolute Gasteiger partial charge is 0.174 e. The van der Waals surface area contributed by atoms with Gasteiger partial charge in [-0.2, -0.15) is 0 Å². The molecule has 3 aromatic heterocycles. The summed E-state index contributed by atoms with van der Waals surface area (Å²) in [6.07, 6.45) is 6.13. The SMILES string of the molecule is Cc1ccc(-n2c(C)cc([C@@H]3[C@@H](c4ccccn4)NC(=S)N3c3ccc(N4CCC(C)CC4)c(Cl)c3)c2C)nc1. The van der Waals surface area contributed by atoms with Crippen LogP contribution >= 0.6 is 23.8 Å². The van der Waals surface area contributed by atoms with Gasteiger partial charge in [-0.1, -0.05) is 30.7 Å². The number of nitrogens with one attached hydrogen (secondary N) is 1. The molecule has 6 nitrogen and oxygen atoms in total. The van der Waals surface area contributed by atoms with E-state index in [1.165, 1.54) is 18.4 Å². The number of benzene rings is 1. The van der Waals surface area contributed by atoms with Gasteiger partial charge in [-0.3, -0.25) is 4.98 Å². The van der Waals surface area contributed by atoms with Crippen LogP contribution in [0.15, 0.2) is 67.0 Å². The first-order valence-corrected chi connectivity index (χ1v) is 14.8. The summed E-state index contributed by atoms with van der Waals surface area (Å²) in [5, 5.41) is 5.00. The van der Waals surface area contributed by atoms with Crippen molar-refractivity contribution in [3.8, 4) is 5.82 Å². The molecular weight excluding hydrogens is 536 g/mol. The largest absolute Gasteiger partial charge is 0.370 e. The van der Waals surface area contributed by atoms with Crippen LogP contribution < -0.4 is 15.1 Å². The van der Waals surface area contributed by atoms with Crippen LogP contribution in [-0.2, 0) is 0 Å². The molecule has 2 fully saturated rings. The number of hydrogen-bond donors (Lipinski definition) is 1. The van der Waals surface area contributed by atoms with Gasteiger partial charge >= 0.3 is 0 Å². The Morgan fingerprint density at radius 2 is 1.77 bits per heavy atom. The van der Waals surface area contributed by atoms with Crippen molar-refractivity contribution < 1.29 is 0 Å². The zero-order valence-electron chi connectivity index (χ0n) is 23.4. The maximum atomic E-state index is 6.97. The molecular formula is C32H35ClN6S. The molecule has 0 bridgehead atoms. The van der Waals surface area contributed by atoms with Gasteiger partial charge in [0.25, 0.3) is 0 Å². The average Bonchev–Trinajstić information content (AvgIpc) is 3.45. The van der Waals surface area contributed by atoms with E-state index in [9.17, 15) is 0 Å². The molecule has 1 aromatic carbocycles. The minimum atomic E-state index is -0.129. The molecule has 4 aromatic rings. The molecule has 206 valence electrons. The third-order valence-electron chi connectivity index (χ3n) is 8.35. The topological polar surface area (TPSA) is 49.2 Å². The number of nitrogens with zero attached hydrogens (tertiary/aromatic N) is 5. The second-order valence-electron chi connectivity index (χ2n) is 11.2. The van der Waals surface area contributed by atoms with Crippen molar-refractivity contribution in [2.24, 2.45) is 5.92 Å². The zero-order chi connectivity index (χ0) is 28.0. The van der Waals surface area contributed by atoms with Gasteiger partial charge in [0.05, 0.1) is 28.5 Å². The summed E-state index contributed by atoms with van der Waals surface area (Å²) in [4.78, 5) is 14.1. The Bertz CT molecular complexity index is 1530. The third-order valence-corrected chi connectivity index (χ3v) is 8.96. The molecule has 2 aliphatic heterocycles. The van der Waals surface area contributed by atoms with E-state index in [2.05, 4.69) is 89.8 Å². The van der Waals surface area contributed by atoms with E-state index >= 15 is 0 Å². The van der Waals surface area contributed by atoms with E-state index in [1.54, 1.807) is 0 Å². The molecule has 2 saturated heterocycles. The van der Waals surface area contributed by atoms with Gasteiger partial charge in [-0.25, -0.2) is 4.98 Å². The van der Waals surface area contributed by atoms with Gasteiger partial charge in [-0.05, 0) is 105 Å². The lowest BCUT2D eigenvalue weighted by atomic mass is 9.96. The molecule has 2 atom stereocenters. The highest BCUT2D eigenvalue weighted by Crippen LogP contribution is 2.45. The Kier molecular flexibility index (Phi) is 7.27. The van der Waals surface area contributed by atoms with E-state index in [-0.39, 0.29) is 12.1 Å². The number of thiocarbonyl (C=S) groups is 1. The van der Waals surface area contributed by atoms with Crippen molar-refractivity contribution in [2.45, 2.75) is 52.6 Å². The average molecular weight is 571 g/mol. The summed E-state index contributed by atoms with van der Waals surface area (Å²) in [6, 6.07) is 18.6. The van der Waals surface area contributed by atoms with Crippen LogP contribution in [0, 0.1) is 26.7 Å². The lowest BCUT2D eigenvalue weighted by molar-refractivity contribution is 0.438. The summed E-state index contributed by atoms with van der Waals surface area (Å²) in [6.45, 7) is 10.7. The fourth-order valence-corrected chi connectivity index (χ4v) is 6.77. The normalized spacial score (nSPS) is 19.8. The molecule has 8 heteroatoms. The van der Waals surface area contributed by atoms with Crippen molar-refractivity contribution in [1.82, 2.24) is 19.9 Å². The second kappa shape index (κ2) is 10.9. The third kappa shape index (κ3) is 4.86. The number of piperidine rings is 1. The lowest BCUT2D eigenvalue weighted by Gasteiger charge is -2.33. The van der Waals surface area contributed by atoms with Gasteiger partial charge in [0.15, 0.2) is 5.11 Å². The van der Waals surface area contributed by atoms with Gasteiger partial charge in [0.2, 0.25) is 0 Å². The number of aromatic nitrogens is 3. The maximum absolute atomic E-state index is 6.97. The molecule has 5 heterocycles. The van der Waals surface area contributed by atoms with Crippen LogP contribution in [-0.4, -0.2) is 32.7 Å². The van der Waals surface area contributed by atoms with Crippen LogP contribution in [0.25, 0.3) is 5.82 Å². The molecule has 6 rings (SSSR count). The highest BCUT2D eigenvalue weighted by atomic mass is 35.5. The fourth-order valence-electron chi connectivity index (χ4n) is 6.13. The summed E-state index contributed by atoms with van der Waals surface area (Å²) < 4.78 is 2.22. The molecule has 0 amide bonds. The van der Waals surface area contributed by atoms with Crippen molar-refractivity contribution in [1.29, 1.82) is 0 Å². The molecule has 40 heavy (non-hydrogen) atoms. The minimum Gasteiger partial charge on any atom is -0.370 e. The van der Waals surface area contributed by atoms with Gasteiger partial charge in [0, 0.05) is 42.6 Å². The molecule has 0 radical (unpaired) electrons. The fraction of sp³-hybridized carbons (Fsp3) is 0.344. The van der Waals surface area contributed by atoms with Crippen LogP contribution in [0.1, 0.15) is 60.1 Å². The van der Waals surface area contributed by atoms with E-state index in [0.29, 0.717) is 5.11 Å². The molecule has 0 aliphatic carbocycles.